The van der Waals surface area contributed by atoms with Crippen LogP contribution in [0, 0.1) is 0 Å². The summed E-state index contributed by atoms with van der Waals surface area (Å²) < 4.78 is 0. The summed E-state index contributed by atoms with van der Waals surface area (Å²) in [6.07, 6.45) is -0.0284. The van der Waals surface area contributed by atoms with Gasteiger partial charge in [-0.2, -0.15) is 0 Å². The molecule has 2 amide bonds. The zero-order chi connectivity index (χ0) is 12.0. The number of carboxylic acids is 1. The maximum Gasteiger partial charge on any atom is 0.317 e. The highest BCUT2D eigenvalue weighted by molar-refractivity contribution is 5.76. The third kappa shape index (κ3) is 5.24. The zero-order valence-electron chi connectivity index (χ0n) is 9.78. The molecule has 0 saturated carbocycles. The summed E-state index contributed by atoms with van der Waals surface area (Å²) in [5.41, 5.74) is 0. The minimum atomic E-state index is -0.890. The van der Waals surface area contributed by atoms with Gasteiger partial charge in [0, 0.05) is 18.6 Å². The van der Waals surface area contributed by atoms with Crippen molar-refractivity contribution in [2.45, 2.75) is 46.2 Å². The first kappa shape index (κ1) is 13.7. The molecule has 0 aromatic rings. The smallest absolute Gasteiger partial charge is 0.317 e. The van der Waals surface area contributed by atoms with E-state index in [0.29, 0.717) is 6.54 Å². The average molecular weight is 216 g/mol. The van der Waals surface area contributed by atoms with Crippen LogP contribution in [0.2, 0.25) is 0 Å². The van der Waals surface area contributed by atoms with E-state index < -0.39 is 5.97 Å². The van der Waals surface area contributed by atoms with E-state index in [4.69, 9.17) is 5.11 Å². The highest BCUT2D eigenvalue weighted by atomic mass is 16.4. The zero-order valence-corrected chi connectivity index (χ0v) is 9.78. The minimum absolute atomic E-state index is 0.0284. The van der Waals surface area contributed by atoms with E-state index in [-0.39, 0.29) is 24.5 Å². The number of carboxylic acid groups (broad SMARTS) is 1. The monoisotopic (exact) mass is 216 g/mol. The Morgan fingerprint density at radius 3 is 2.20 bits per heavy atom. The SMILES string of the molecule is CCN(C(=O)NC(C)C)C(C)CC(=O)O. The van der Waals surface area contributed by atoms with Gasteiger partial charge in [0.05, 0.1) is 6.42 Å². The Morgan fingerprint density at radius 1 is 1.33 bits per heavy atom. The molecule has 0 radical (unpaired) electrons. The summed E-state index contributed by atoms with van der Waals surface area (Å²) in [4.78, 5) is 23.7. The molecule has 5 nitrogen and oxygen atoms in total. The number of carbonyl (C=O) groups is 2. The molecule has 0 aromatic carbocycles. The molecular weight excluding hydrogens is 196 g/mol. The number of carbonyl (C=O) groups excluding carboxylic acids is 1. The number of amides is 2. The van der Waals surface area contributed by atoms with Crippen LogP contribution in [-0.2, 0) is 4.79 Å². The maximum atomic E-state index is 11.6. The van der Waals surface area contributed by atoms with Gasteiger partial charge in [-0.15, -0.1) is 0 Å². The van der Waals surface area contributed by atoms with E-state index in [0.717, 1.165) is 0 Å². The number of hydrogen-bond donors (Lipinski definition) is 2. The van der Waals surface area contributed by atoms with Gasteiger partial charge >= 0.3 is 12.0 Å². The number of aliphatic carboxylic acids is 1. The Labute approximate surface area is 90.5 Å². The van der Waals surface area contributed by atoms with Crippen molar-refractivity contribution in [3.05, 3.63) is 0 Å². The molecule has 0 spiro atoms. The summed E-state index contributed by atoms with van der Waals surface area (Å²) in [6.45, 7) is 7.81. The van der Waals surface area contributed by atoms with Crippen LogP contribution in [0.25, 0.3) is 0 Å². The fourth-order valence-corrected chi connectivity index (χ4v) is 1.35. The van der Waals surface area contributed by atoms with Gasteiger partial charge in [-0.1, -0.05) is 0 Å². The van der Waals surface area contributed by atoms with Gasteiger partial charge in [-0.05, 0) is 27.7 Å². The lowest BCUT2D eigenvalue weighted by atomic mass is 10.2. The third-order valence-electron chi connectivity index (χ3n) is 2.02. The molecule has 0 heterocycles. The Morgan fingerprint density at radius 2 is 1.87 bits per heavy atom. The summed E-state index contributed by atoms with van der Waals surface area (Å²) in [7, 11) is 0. The molecule has 0 rings (SSSR count). The second kappa shape index (κ2) is 6.27. The minimum Gasteiger partial charge on any atom is -0.481 e. The Balaban J connectivity index is 4.33. The van der Waals surface area contributed by atoms with Crippen LogP contribution in [-0.4, -0.2) is 40.6 Å². The number of nitrogens with one attached hydrogen (secondary N) is 1. The van der Waals surface area contributed by atoms with Crippen molar-refractivity contribution < 1.29 is 14.7 Å². The predicted octanol–water partition coefficient (Wildman–Crippen LogP) is 1.29. The molecule has 0 aromatic heterocycles. The molecule has 0 fully saturated rings. The van der Waals surface area contributed by atoms with Crippen molar-refractivity contribution in [3.8, 4) is 0 Å². The van der Waals surface area contributed by atoms with Crippen LogP contribution in [0.4, 0.5) is 4.79 Å². The van der Waals surface area contributed by atoms with Gasteiger partial charge in [-0.25, -0.2) is 4.79 Å². The predicted molar refractivity (Wildman–Crippen MR) is 57.8 cm³/mol. The molecule has 88 valence electrons. The van der Waals surface area contributed by atoms with E-state index in [1.807, 2.05) is 20.8 Å². The van der Waals surface area contributed by atoms with Crippen LogP contribution >= 0.6 is 0 Å². The van der Waals surface area contributed by atoms with Crippen molar-refractivity contribution >= 4 is 12.0 Å². The van der Waals surface area contributed by atoms with Crippen LogP contribution in [0.5, 0.6) is 0 Å². The molecule has 5 heteroatoms. The van der Waals surface area contributed by atoms with E-state index in [1.165, 1.54) is 4.90 Å². The summed E-state index contributed by atoms with van der Waals surface area (Å²) >= 11 is 0. The first-order valence-electron chi connectivity index (χ1n) is 5.17. The van der Waals surface area contributed by atoms with Gasteiger partial charge in [0.2, 0.25) is 0 Å². The van der Waals surface area contributed by atoms with Gasteiger partial charge in [-0.3, -0.25) is 4.79 Å². The van der Waals surface area contributed by atoms with Crippen molar-refractivity contribution in [1.82, 2.24) is 10.2 Å². The quantitative estimate of drug-likeness (QED) is 0.727. The average Bonchev–Trinajstić information content (AvgIpc) is 2.01. The van der Waals surface area contributed by atoms with Gasteiger partial charge < -0.3 is 15.3 Å². The maximum absolute atomic E-state index is 11.6. The van der Waals surface area contributed by atoms with Crippen LogP contribution < -0.4 is 5.32 Å². The van der Waals surface area contributed by atoms with E-state index >= 15 is 0 Å². The van der Waals surface area contributed by atoms with Crippen LogP contribution in [0.15, 0.2) is 0 Å². The molecule has 0 aliphatic rings. The Kier molecular flexibility index (Phi) is 5.74. The standard InChI is InChI=1S/C10H20N2O3/c1-5-12(8(4)6-9(13)14)10(15)11-7(2)3/h7-8H,5-6H2,1-4H3,(H,11,15)(H,13,14). The lowest BCUT2D eigenvalue weighted by Gasteiger charge is -2.28. The molecule has 0 saturated heterocycles. The number of hydrogen-bond acceptors (Lipinski definition) is 2. The lowest BCUT2D eigenvalue weighted by molar-refractivity contribution is -0.138. The van der Waals surface area contributed by atoms with Crippen molar-refractivity contribution in [3.63, 3.8) is 0 Å². The second-order valence-electron chi connectivity index (χ2n) is 3.84. The first-order valence-corrected chi connectivity index (χ1v) is 5.17. The molecule has 15 heavy (non-hydrogen) atoms. The number of nitrogens with zero attached hydrogens (tertiary/aromatic N) is 1. The van der Waals surface area contributed by atoms with Crippen molar-refractivity contribution in [2.24, 2.45) is 0 Å². The van der Waals surface area contributed by atoms with Crippen LogP contribution in [0.1, 0.15) is 34.1 Å². The molecular formula is C10H20N2O3. The fourth-order valence-electron chi connectivity index (χ4n) is 1.35. The van der Waals surface area contributed by atoms with Gasteiger partial charge in [0.15, 0.2) is 0 Å². The summed E-state index contributed by atoms with van der Waals surface area (Å²) in [5.74, 6) is -0.890. The number of urea groups is 1. The Hall–Kier alpha value is -1.26. The number of rotatable bonds is 5. The Bertz CT molecular complexity index is 229. The fraction of sp³-hybridized carbons (Fsp3) is 0.800. The second-order valence-corrected chi connectivity index (χ2v) is 3.84. The van der Waals surface area contributed by atoms with Crippen LogP contribution in [0.3, 0.4) is 0 Å². The van der Waals surface area contributed by atoms with E-state index in [9.17, 15) is 9.59 Å². The highest BCUT2D eigenvalue weighted by Crippen LogP contribution is 2.04. The molecule has 0 aliphatic carbocycles. The normalized spacial score (nSPS) is 12.3. The summed E-state index contributed by atoms with van der Waals surface area (Å²) in [6, 6.07) is -0.434. The van der Waals surface area contributed by atoms with E-state index in [1.54, 1.807) is 6.92 Å². The first-order chi connectivity index (χ1) is 6.88. The molecule has 0 aliphatic heterocycles. The van der Waals surface area contributed by atoms with Crippen molar-refractivity contribution in [2.75, 3.05) is 6.54 Å². The lowest BCUT2D eigenvalue weighted by Crippen LogP contribution is -2.47. The third-order valence-corrected chi connectivity index (χ3v) is 2.02. The largest absolute Gasteiger partial charge is 0.481 e. The molecule has 1 atom stereocenters. The molecule has 2 N–H and O–H groups in total. The summed E-state index contributed by atoms with van der Waals surface area (Å²) in [5, 5.41) is 11.4. The molecule has 1 unspecified atom stereocenters. The van der Waals surface area contributed by atoms with E-state index in [2.05, 4.69) is 5.32 Å². The van der Waals surface area contributed by atoms with Gasteiger partial charge in [0.25, 0.3) is 0 Å². The highest BCUT2D eigenvalue weighted by Gasteiger charge is 2.20. The topological polar surface area (TPSA) is 69.6 Å². The van der Waals surface area contributed by atoms with Gasteiger partial charge in [0.1, 0.15) is 0 Å². The molecule has 0 bridgehead atoms. The van der Waals surface area contributed by atoms with Crippen molar-refractivity contribution in [1.29, 1.82) is 0 Å².